The van der Waals surface area contributed by atoms with Crippen molar-refractivity contribution in [2.24, 2.45) is 0 Å². The van der Waals surface area contributed by atoms with E-state index in [9.17, 15) is 14.3 Å². The van der Waals surface area contributed by atoms with E-state index >= 15 is 0 Å². The standard InChI is InChI=1S/C40H48FN3O5/c1-9-12-27(4)48-33-16-15-30(41)24-31(33)28-13-11-14-29(23-28)32-25-44-34(42-32)22-26(3)35(36(38(45)46)49-39(5,6)7)37(44)43-19-17-40(8,18-20-43)47-21-10-2/h9-11,13-16,22-25,27,36H,1-2,12,17-21H2,3-8H3,(H,45,46)/t27-,36-/m0/s1. The number of imidazole rings is 1. The van der Waals surface area contributed by atoms with E-state index in [0.29, 0.717) is 54.3 Å². The van der Waals surface area contributed by atoms with Crippen molar-refractivity contribution >= 4 is 17.4 Å². The number of anilines is 1. The number of aliphatic carboxylic acids is 1. The third kappa shape index (κ3) is 8.23. The van der Waals surface area contributed by atoms with Gasteiger partial charge in [0, 0.05) is 42.4 Å². The summed E-state index contributed by atoms with van der Waals surface area (Å²) in [4.78, 5) is 20.1. The van der Waals surface area contributed by atoms with Gasteiger partial charge in [-0.05, 0) is 95.8 Å². The number of carbonyl (C=O) groups is 1. The Labute approximate surface area is 288 Å². The molecule has 0 amide bonds. The molecule has 1 aliphatic heterocycles. The van der Waals surface area contributed by atoms with Gasteiger partial charge < -0.3 is 24.2 Å². The Bertz CT molecular complexity index is 1830. The van der Waals surface area contributed by atoms with Gasteiger partial charge in [-0.3, -0.25) is 4.40 Å². The van der Waals surface area contributed by atoms with E-state index in [1.807, 2.05) is 75.5 Å². The van der Waals surface area contributed by atoms with Crippen molar-refractivity contribution in [3.63, 3.8) is 0 Å². The van der Waals surface area contributed by atoms with Gasteiger partial charge in [0.15, 0.2) is 6.10 Å². The van der Waals surface area contributed by atoms with Crippen LogP contribution in [0.15, 0.2) is 80.0 Å². The average Bonchev–Trinajstić information content (AvgIpc) is 3.47. The molecule has 3 heterocycles. The van der Waals surface area contributed by atoms with Crippen LogP contribution in [0, 0.1) is 12.7 Å². The molecule has 2 atom stereocenters. The molecule has 8 nitrogen and oxygen atoms in total. The Balaban J connectivity index is 1.63. The van der Waals surface area contributed by atoms with Crippen molar-refractivity contribution < 1.29 is 28.5 Å². The van der Waals surface area contributed by atoms with E-state index in [4.69, 9.17) is 19.2 Å². The largest absolute Gasteiger partial charge is 0.490 e. The average molecular weight is 670 g/mol. The molecule has 9 heteroatoms. The number of hydrogen-bond donors (Lipinski definition) is 1. The first-order valence-electron chi connectivity index (χ1n) is 16.8. The lowest BCUT2D eigenvalue weighted by Gasteiger charge is -2.41. The fourth-order valence-corrected chi connectivity index (χ4v) is 6.39. The van der Waals surface area contributed by atoms with Crippen LogP contribution in [0.4, 0.5) is 10.2 Å². The normalized spacial score (nSPS) is 15.9. The zero-order valence-electron chi connectivity index (χ0n) is 29.5. The Morgan fingerprint density at radius 1 is 1.10 bits per heavy atom. The number of nitrogens with zero attached hydrogens (tertiary/aromatic N) is 3. The van der Waals surface area contributed by atoms with Gasteiger partial charge in [-0.1, -0.05) is 30.4 Å². The Hall–Kier alpha value is -4.47. The van der Waals surface area contributed by atoms with Crippen molar-refractivity contribution in [3.8, 4) is 28.1 Å². The van der Waals surface area contributed by atoms with Crippen LogP contribution in [-0.2, 0) is 14.3 Å². The number of carboxylic acids is 1. The molecule has 1 saturated heterocycles. The number of halogens is 1. The molecular weight excluding hydrogens is 621 g/mol. The topological polar surface area (TPSA) is 85.5 Å². The van der Waals surface area contributed by atoms with E-state index in [1.54, 1.807) is 18.2 Å². The number of ether oxygens (including phenoxy) is 3. The number of fused-ring (bicyclic) bond motifs is 1. The van der Waals surface area contributed by atoms with Crippen LogP contribution in [0.2, 0.25) is 0 Å². The van der Waals surface area contributed by atoms with Crippen molar-refractivity contribution in [2.75, 3.05) is 24.6 Å². The molecule has 0 unspecified atom stereocenters. The van der Waals surface area contributed by atoms with Crippen molar-refractivity contribution in [2.45, 2.75) is 84.2 Å². The molecule has 4 aromatic rings. The van der Waals surface area contributed by atoms with Gasteiger partial charge in [-0.2, -0.15) is 0 Å². The summed E-state index contributed by atoms with van der Waals surface area (Å²) in [6, 6.07) is 14.2. The summed E-state index contributed by atoms with van der Waals surface area (Å²) in [6.07, 6.45) is 6.33. The molecule has 1 N–H and O–H groups in total. The second-order valence-electron chi connectivity index (χ2n) is 14.1. The first-order chi connectivity index (χ1) is 23.2. The Morgan fingerprint density at radius 2 is 1.82 bits per heavy atom. The molecule has 49 heavy (non-hydrogen) atoms. The molecule has 0 spiro atoms. The summed E-state index contributed by atoms with van der Waals surface area (Å²) < 4.78 is 35.1. The fraction of sp³-hybridized carbons (Fsp3) is 0.400. The van der Waals surface area contributed by atoms with Gasteiger partial charge in [0.1, 0.15) is 23.0 Å². The first-order valence-corrected chi connectivity index (χ1v) is 16.8. The molecule has 5 rings (SSSR count). The number of piperidine rings is 1. The predicted octanol–water partition coefficient (Wildman–Crippen LogP) is 8.96. The minimum absolute atomic E-state index is 0.128. The molecular formula is C40H48FN3O5. The quantitative estimate of drug-likeness (QED) is 0.142. The van der Waals surface area contributed by atoms with E-state index in [0.717, 1.165) is 35.3 Å². The van der Waals surface area contributed by atoms with Crippen LogP contribution in [0.3, 0.4) is 0 Å². The molecule has 0 radical (unpaired) electrons. The number of pyridine rings is 1. The van der Waals surface area contributed by atoms with Crippen LogP contribution in [0.5, 0.6) is 5.75 Å². The van der Waals surface area contributed by atoms with Gasteiger partial charge in [-0.25, -0.2) is 14.2 Å². The lowest BCUT2D eigenvalue weighted by Crippen LogP contribution is -2.45. The van der Waals surface area contributed by atoms with Crippen LogP contribution in [-0.4, -0.2) is 57.5 Å². The summed E-state index contributed by atoms with van der Waals surface area (Å²) in [5.74, 6) is -0.0941. The summed E-state index contributed by atoms with van der Waals surface area (Å²) in [5, 5.41) is 10.5. The molecule has 0 saturated carbocycles. The van der Waals surface area contributed by atoms with Gasteiger partial charge in [-0.15, -0.1) is 13.2 Å². The van der Waals surface area contributed by atoms with Gasteiger partial charge in [0.05, 0.1) is 29.6 Å². The Morgan fingerprint density at radius 3 is 2.47 bits per heavy atom. The van der Waals surface area contributed by atoms with Crippen molar-refractivity contribution in [3.05, 3.63) is 97.0 Å². The van der Waals surface area contributed by atoms with Crippen molar-refractivity contribution in [1.29, 1.82) is 0 Å². The lowest BCUT2D eigenvalue weighted by atomic mass is 9.92. The zero-order valence-corrected chi connectivity index (χ0v) is 29.5. The highest BCUT2D eigenvalue weighted by atomic mass is 19.1. The summed E-state index contributed by atoms with van der Waals surface area (Å²) in [5.41, 5.74) is 3.97. The highest BCUT2D eigenvalue weighted by Crippen LogP contribution is 2.40. The highest BCUT2D eigenvalue weighted by molar-refractivity contribution is 5.80. The monoisotopic (exact) mass is 669 g/mol. The lowest BCUT2D eigenvalue weighted by molar-refractivity contribution is -0.160. The minimum Gasteiger partial charge on any atom is -0.490 e. The summed E-state index contributed by atoms with van der Waals surface area (Å²) in [6.45, 7) is 20.9. The van der Waals surface area contributed by atoms with Crippen LogP contribution in [0.1, 0.15) is 71.1 Å². The van der Waals surface area contributed by atoms with Crippen LogP contribution in [0.25, 0.3) is 28.0 Å². The Kier molecular flexibility index (Phi) is 10.6. The summed E-state index contributed by atoms with van der Waals surface area (Å²) in [7, 11) is 0. The minimum atomic E-state index is -1.20. The maximum Gasteiger partial charge on any atom is 0.337 e. The molecule has 0 bridgehead atoms. The fourth-order valence-electron chi connectivity index (χ4n) is 6.39. The second kappa shape index (κ2) is 14.6. The maximum absolute atomic E-state index is 14.6. The molecule has 1 fully saturated rings. The first kappa shape index (κ1) is 35.8. The number of carboxylic acid groups (broad SMARTS) is 1. The van der Waals surface area contributed by atoms with Gasteiger partial charge >= 0.3 is 5.97 Å². The van der Waals surface area contributed by atoms with E-state index in [-0.39, 0.29) is 17.5 Å². The summed E-state index contributed by atoms with van der Waals surface area (Å²) >= 11 is 0. The smallest absolute Gasteiger partial charge is 0.337 e. The van der Waals surface area contributed by atoms with Crippen LogP contribution < -0.4 is 9.64 Å². The maximum atomic E-state index is 14.6. The van der Waals surface area contributed by atoms with E-state index < -0.39 is 17.7 Å². The number of rotatable bonds is 13. The molecule has 1 aliphatic rings. The number of benzene rings is 2. The number of aryl methyl sites for hydroxylation is 1. The van der Waals surface area contributed by atoms with Gasteiger partial charge in [0.2, 0.25) is 0 Å². The SMILES string of the molecule is C=CCOC1(C)CCN(c2c([C@H](OC(C)(C)C)C(=O)O)c(C)cc3nc(-c4cccc(-c5cc(F)ccc5O[C@@H](C)CC=C)c4)cn23)CC1. The predicted molar refractivity (Wildman–Crippen MR) is 193 cm³/mol. The third-order valence-electron chi connectivity index (χ3n) is 8.84. The number of aromatic nitrogens is 2. The molecule has 2 aromatic heterocycles. The molecule has 2 aromatic carbocycles. The number of hydrogen-bond acceptors (Lipinski definition) is 6. The van der Waals surface area contributed by atoms with Crippen LogP contribution >= 0.6 is 0 Å². The van der Waals surface area contributed by atoms with Gasteiger partial charge in [0.25, 0.3) is 0 Å². The zero-order chi connectivity index (χ0) is 35.5. The second-order valence-corrected chi connectivity index (χ2v) is 14.1. The van der Waals surface area contributed by atoms with E-state index in [2.05, 4.69) is 25.0 Å². The third-order valence-corrected chi connectivity index (χ3v) is 8.84. The highest BCUT2D eigenvalue weighted by Gasteiger charge is 2.37. The van der Waals surface area contributed by atoms with E-state index in [1.165, 1.54) is 12.1 Å². The molecule has 260 valence electrons. The molecule has 0 aliphatic carbocycles. The van der Waals surface area contributed by atoms with Crippen molar-refractivity contribution in [1.82, 2.24) is 9.38 Å².